The van der Waals surface area contributed by atoms with Gasteiger partial charge < -0.3 is 23.2 Å². The van der Waals surface area contributed by atoms with Gasteiger partial charge in [-0.1, -0.05) is 36.4 Å². The van der Waals surface area contributed by atoms with Crippen LogP contribution >= 0.6 is 7.37 Å². The second kappa shape index (κ2) is 8.11. The number of carbonyl (C=O) groups excluding carboxylic acids is 2. The van der Waals surface area contributed by atoms with Gasteiger partial charge >= 0.3 is 20.5 Å². The van der Waals surface area contributed by atoms with E-state index in [4.69, 9.17) is 18.1 Å². The van der Waals surface area contributed by atoms with E-state index in [1.54, 1.807) is 0 Å². The molecule has 2 heterocycles. The number of cyclic esters (lactones) is 2. The van der Waals surface area contributed by atoms with Crippen LogP contribution in [0, 0.1) is 29.6 Å². The normalized spacial score (nSPS) is 34.7. The molecule has 0 radical (unpaired) electrons. The van der Waals surface area contributed by atoms with Crippen LogP contribution in [0.25, 0.3) is 11.1 Å². The first-order valence-electron chi connectivity index (χ1n) is 11.8. The lowest BCUT2D eigenvalue weighted by molar-refractivity contribution is -0.155. The Morgan fingerprint density at radius 1 is 1.00 bits per heavy atom. The minimum Gasteiger partial charge on any atom is -0.439 e. The smallest absolute Gasteiger partial charge is 0.364 e. The summed E-state index contributed by atoms with van der Waals surface area (Å²) in [6.07, 6.45) is 0.217. The van der Waals surface area contributed by atoms with E-state index in [9.17, 15) is 19.3 Å². The third-order valence-corrected chi connectivity index (χ3v) is 14.7. The highest BCUT2D eigenvalue weighted by Crippen LogP contribution is 2.72. The molecular formula is C25H27O8PSi. The van der Waals surface area contributed by atoms with E-state index in [0.717, 1.165) is 11.1 Å². The van der Waals surface area contributed by atoms with Gasteiger partial charge in [0.05, 0.1) is 29.0 Å². The van der Waals surface area contributed by atoms with Crippen molar-refractivity contribution in [3.8, 4) is 16.9 Å². The quantitative estimate of drug-likeness (QED) is 0.271. The van der Waals surface area contributed by atoms with Crippen LogP contribution in [0.5, 0.6) is 5.75 Å². The van der Waals surface area contributed by atoms with Crippen molar-refractivity contribution < 1.29 is 37.4 Å². The highest BCUT2D eigenvalue weighted by Gasteiger charge is 2.72. The van der Waals surface area contributed by atoms with Crippen LogP contribution in [0.15, 0.2) is 48.5 Å². The molecule has 3 fully saturated rings. The monoisotopic (exact) mass is 514 g/mol. The van der Waals surface area contributed by atoms with Gasteiger partial charge in [0.1, 0.15) is 5.75 Å². The molecule has 2 bridgehead atoms. The van der Waals surface area contributed by atoms with Crippen LogP contribution in [0.3, 0.4) is 0 Å². The van der Waals surface area contributed by atoms with Gasteiger partial charge in [-0.05, 0) is 47.9 Å². The van der Waals surface area contributed by atoms with Crippen LogP contribution in [-0.2, 0) is 27.7 Å². The number of hydrogen-bond donors (Lipinski definition) is 1. The number of esters is 2. The number of rotatable bonds is 6. The van der Waals surface area contributed by atoms with Gasteiger partial charge in [-0.2, -0.15) is 0 Å². The summed E-state index contributed by atoms with van der Waals surface area (Å²) in [5, 5.41) is 10.8. The van der Waals surface area contributed by atoms with Crippen molar-refractivity contribution >= 4 is 33.2 Å². The van der Waals surface area contributed by atoms with Crippen molar-refractivity contribution in [2.75, 3.05) is 20.4 Å². The van der Waals surface area contributed by atoms with Crippen molar-refractivity contribution in [3.05, 3.63) is 48.5 Å². The first-order valence-corrected chi connectivity index (χ1v) is 15.7. The van der Waals surface area contributed by atoms with Crippen LogP contribution in [0.4, 0.5) is 0 Å². The predicted octanol–water partition coefficient (Wildman–Crippen LogP) is 2.87. The van der Waals surface area contributed by atoms with E-state index in [1.165, 1.54) is 14.2 Å². The van der Waals surface area contributed by atoms with Gasteiger partial charge in [-0.3, -0.25) is 14.2 Å². The molecule has 7 unspecified atom stereocenters. The van der Waals surface area contributed by atoms with E-state index in [2.05, 4.69) is 0 Å². The summed E-state index contributed by atoms with van der Waals surface area (Å²) in [5.41, 5.74) is 1.28. The van der Waals surface area contributed by atoms with Gasteiger partial charge in [-0.25, -0.2) is 0 Å². The number of carbonyl (C=O) groups is 2. The van der Waals surface area contributed by atoms with Crippen LogP contribution in [0.1, 0.15) is 6.42 Å². The van der Waals surface area contributed by atoms with Crippen molar-refractivity contribution in [1.29, 1.82) is 0 Å². The first kappa shape index (κ1) is 23.1. The second-order valence-corrected chi connectivity index (χ2v) is 15.8. The van der Waals surface area contributed by atoms with E-state index in [0.29, 0.717) is 23.5 Å². The molecule has 2 aromatic carbocycles. The van der Waals surface area contributed by atoms with E-state index >= 15 is 0 Å². The summed E-state index contributed by atoms with van der Waals surface area (Å²) >= 11 is 0. The fourth-order valence-electron chi connectivity index (χ4n) is 7.11. The molecule has 6 rings (SSSR count). The van der Waals surface area contributed by atoms with Crippen LogP contribution < -0.4 is 9.83 Å². The van der Waals surface area contributed by atoms with Crippen LogP contribution in [0.2, 0.25) is 6.04 Å². The van der Waals surface area contributed by atoms with Gasteiger partial charge in [-0.15, -0.1) is 0 Å². The summed E-state index contributed by atoms with van der Waals surface area (Å²) in [4.78, 5) is 25.5. The number of ether oxygens (including phenoxy) is 1. The molecule has 35 heavy (non-hydrogen) atoms. The zero-order valence-electron chi connectivity index (χ0n) is 19.5. The summed E-state index contributed by atoms with van der Waals surface area (Å²) in [6.45, 7) is 0. The van der Waals surface area contributed by atoms with Gasteiger partial charge in [0.2, 0.25) is 0 Å². The molecule has 2 saturated carbocycles. The number of benzene rings is 2. The molecule has 2 aliphatic carbocycles. The maximum atomic E-state index is 14.9. The summed E-state index contributed by atoms with van der Waals surface area (Å²) in [6, 6.07) is 15.5. The van der Waals surface area contributed by atoms with Gasteiger partial charge in [0.25, 0.3) is 7.37 Å². The Balaban J connectivity index is 1.47. The van der Waals surface area contributed by atoms with Crippen molar-refractivity contribution in [1.82, 2.24) is 0 Å². The number of para-hydroxylation sites is 1. The topological polar surface area (TPSA) is 108 Å². The molecule has 184 valence electrons. The third-order valence-electron chi connectivity index (χ3n) is 8.63. The maximum absolute atomic E-state index is 14.9. The molecule has 4 aliphatic rings. The fourth-order valence-corrected chi connectivity index (χ4v) is 12.5. The maximum Gasteiger partial charge on any atom is 0.364 e. The second-order valence-electron chi connectivity index (χ2n) is 9.88. The highest BCUT2D eigenvalue weighted by atomic mass is 31.2. The molecule has 1 saturated heterocycles. The minimum atomic E-state index is -3.50. The van der Waals surface area contributed by atoms with Crippen molar-refractivity contribution in [3.63, 3.8) is 0 Å². The predicted molar refractivity (Wildman–Crippen MR) is 128 cm³/mol. The Labute approximate surface area is 204 Å². The molecule has 2 aromatic rings. The molecule has 1 N–H and O–H groups in total. The van der Waals surface area contributed by atoms with E-state index in [1.807, 2.05) is 48.5 Å². The Morgan fingerprint density at radius 2 is 1.66 bits per heavy atom. The first-order chi connectivity index (χ1) is 16.9. The Hall–Kier alpha value is -2.29. The fraction of sp³-hybridized carbons (Fsp3) is 0.440. The molecule has 0 amide bonds. The number of aliphatic hydroxyl groups excluding tert-OH is 1. The standard InChI is InChI=1S/C25H27O8PSi/c1-30-35(13-26,31-2)12-17-16-11-20(21(17)23-22(16)24(27)32-25(23)28)34(29)19-10-6-4-8-15(19)14-7-3-5-9-18(14)33-34/h3-10,16-17,20-23,26H,11-13H2,1-2H3. The third kappa shape index (κ3) is 3.12. The Morgan fingerprint density at radius 3 is 2.37 bits per heavy atom. The van der Waals surface area contributed by atoms with Gasteiger partial charge in [0.15, 0.2) is 0 Å². The highest BCUT2D eigenvalue weighted by molar-refractivity contribution is 7.68. The minimum absolute atomic E-state index is 0.177. The zero-order chi connectivity index (χ0) is 24.5. The average Bonchev–Trinajstić information content (AvgIpc) is 3.50. The van der Waals surface area contributed by atoms with E-state index in [-0.39, 0.29) is 18.1 Å². The Bertz CT molecular complexity index is 1250. The number of hydrogen-bond acceptors (Lipinski definition) is 8. The molecular weight excluding hydrogens is 487 g/mol. The number of fused-ring (bicyclic) bond motifs is 8. The summed E-state index contributed by atoms with van der Waals surface area (Å²) in [5.74, 6) is -2.54. The molecule has 0 aromatic heterocycles. The van der Waals surface area contributed by atoms with Crippen LogP contribution in [-0.4, -0.2) is 51.7 Å². The van der Waals surface area contributed by atoms with E-state index < -0.39 is 51.3 Å². The number of aliphatic hydroxyl groups is 1. The molecule has 8 nitrogen and oxygen atoms in total. The lowest BCUT2D eigenvalue weighted by atomic mass is 9.81. The zero-order valence-corrected chi connectivity index (χ0v) is 21.4. The Kier molecular flexibility index (Phi) is 5.36. The molecule has 2 aliphatic heterocycles. The molecule has 7 atom stereocenters. The van der Waals surface area contributed by atoms with Gasteiger partial charge in [0, 0.05) is 19.8 Å². The lowest BCUT2D eigenvalue weighted by Gasteiger charge is -2.38. The van der Waals surface area contributed by atoms with Crippen molar-refractivity contribution in [2.45, 2.75) is 18.1 Å². The largest absolute Gasteiger partial charge is 0.439 e. The SMILES string of the molecule is CO[Si](CO)(CC1C2CC(P3(=O)Oc4ccccc4-c4ccccc43)C1C1C(=O)OC(=O)C21)OC. The molecule has 10 heteroatoms. The van der Waals surface area contributed by atoms with Crippen molar-refractivity contribution in [2.24, 2.45) is 29.6 Å². The average molecular weight is 515 g/mol. The molecule has 0 spiro atoms. The lowest BCUT2D eigenvalue weighted by Crippen LogP contribution is -2.47. The summed E-state index contributed by atoms with van der Waals surface area (Å²) in [7, 11) is -3.46. The summed E-state index contributed by atoms with van der Waals surface area (Å²) < 4.78 is 37.7.